The number of nitrogens with one attached hydrogen (secondary N) is 1. The summed E-state index contributed by atoms with van der Waals surface area (Å²) in [6.45, 7) is 2.14. The number of aromatic nitrogens is 3. The number of aromatic amines is 1. The van der Waals surface area contributed by atoms with Crippen molar-refractivity contribution in [3.63, 3.8) is 0 Å². The second-order valence-electron chi connectivity index (χ2n) is 3.63. The molecule has 2 rings (SSSR count). The third-order valence-corrected chi connectivity index (χ3v) is 3.02. The molecule has 1 N–H and O–H groups in total. The first-order valence-electron chi connectivity index (χ1n) is 5.25. The summed E-state index contributed by atoms with van der Waals surface area (Å²) in [6, 6.07) is 1.84. The average Bonchev–Trinajstić information content (AvgIpc) is 2.66. The molecular weight excluding hydrogens is 270 g/mol. The minimum absolute atomic E-state index is 0.390. The smallest absolute Gasteiger partial charge is 0.178 e. The van der Waals surface area contributed by atoms with Gasteiger partial charge in [0.2, 0.25) is 0 Å². The Morgan fingerprint density at radius 2 is 2.31 bits per heavy atom. The van der Waals surface area contributed by atoms with Crippen molar-refractivity contribution in [2.24, 2.45) is 0 Å². The highest BCUT2D eigenvalue weighted by atomic mass is 79.9. The third-order valence-electron chi connectivity index (χ3n) is 2.38. The molecule has 2 heterocycles. The lowest BCUT2D eigenvalue weighted by molar-refractivity contribution is 0.111. The van der Waals surface area contributed by atoms with Gasteiger partial charge in [0, 0.05) is 10.9 Å². The predicted octanol–water partition coefficient (Wildman–Crippen LogP) is 2.88. The van der Waals surface area contributed by atoms with Crippen LogP contribution in [0.5, 0.6) is 0 Å². The van der Waals surface area contributed by atoms with E-state index in [1.165, 1.54) is 0 Å². The summed E-state index contributed by atoms with van der Waals surface area (Å²) in [5, 5.41) is 0. The number of imidazole rings is 1. The van der Waals surface area contributed by atoms with E-state index in [2.05, 4.69) is 37.8 Å². The van der Waals surface area contributed by atoms with E-state index in [9.17, 15) is 4.79 Å². The van der Waals surface area contributed by atoms with Crippen molar-refractivity contribution >= 4 is 33.4 Å². The van der Waals surface area contributed by atoms with Crippen molar-refractivity contribution in [3.05, 3.63) is 22.1 Å². The van der Waals surface area contributed by atoms with Crippen molar-refractivity contribution in [2.75, 3.05) is 0 Å². The van der Waals surface area contributed by atoms with Gasteiger partial charge in [-0.3, -0.25) is 4.79 Å². The number of unbranched alkanes of at least 4 members (excludes halogenated alkanes) is 1. The molecule has 0 aliphatic rings. The van der Waals surface area contributed by atoms with Crippen LogP contribution in [-0.2, 0) is 6.42 Å². The molecule has 0 saturated heterocycles. The number of aryl methyl sites for hydroxylation is 1. The summed E-state index contributed by atoms with van der Waals surface area (Å²) >= 11 is 3.30. The van der Waals surface area contributed by atoms with Gasteiger partial charge in [-0.2, -0.15) is 0 Å². The summed E-state index contributed by atoms with van der Waals surface area (Å²) in [6.07, 6.45) is 3.88. The Kier molecular flexibility index (Phi) is 3.33. The lowest BCUT2D eigenvalue weighted by Crippen LogP contribution is -1.89. The van der Waals surface area contributed by atoms with Crippen molar-refractivity contribution in [2.45, 2.75) is 26.2 Å². The van der Waals surface area contributed by atoms with Gasteiger partial charge in [0.25, 0.3) is 0 Å². The molecule has 0 aliphatic heterocycles. The van der Waals surface area contributed by atoms with Gasteiger partial charge in [-0.1, -0.05) is 13.3 Å². The molecule has 0 atom stereocenters. The van der Waals surface area contributed by atoms with Crippen molar-refractivity contribution in [1.82, 2.24) is 15.0 Å². The van der Waals surface area contributed by atoms with E-state index in [-0.39, 0.29) is 0 Å². The Bertz CT molecular complexity index is 521. The molecule has 0 bridgehead atoms. The first-order valence-corrected chi connectivity index (χ1v) is 6.04. The van der Waals surface area contributed by atoms with Crippen LogP contribution >= 0.6 is 15.9 Å². The maximum absolute atomic E-state index is 10.7. The third kappa shape index (κ3) is 2.14. The molecule has 0 aliphatic carbocycles. The highest BCUT2D eigenvalue weighted by Gasteiger charge is 2.08. The molecule has 0 unspecified atom stereocenters. The number of aldehydes is 1. The van der Waals surface area contributed by atoms with E-state index in [1.807, 2.05) is 6.07 Å². The van der Waals surface area contributed by atoms with Crippen LogP contribution in [-0.4, -0.2) is 21.2 Å². The van der Waals surface area contributed by atoms with Gasteiger partial charge >= 0.3 is 0 Å². The fourth-order valence-electron chi connectivity index (χ4n) is 1.53. The zero-order valence-corrected chi connectivity index (χ0v) is 10.5. The van der Waals surface area contributed by atoms with Gasteiger partial charge in [0.05, 0.1) is 5.52 Å². The molecule has 2 aromatic heterocycles. The first kappa shape index (κ1) is 11.3. The van der Waals surface area contributed by atoms with E-state index in [0.29, 0.717) is 15.8 Å². The number of carbonyl (C=O) groups is 1. The van der Waals surface area contributed by atoms with Crippen molar-refractivity contribution < 1.29 is 4.79 Å². The van der Waals surface area contributed by atoms with Gasteiger partial charge in [-0.15, -0.1) is 0 Å². The number of nitrogens with zero attached hydrogens (tertiary/aromatic N) is 2. The van der Waals surface area contributed by atoms with Gasteiger partial charge in [0.1, 0.15) is 11.5 Å². The van der Waals surface area contributed by atoms with Crippen LogP contribution in [0.15, 0.2) is 10.5 Å². The highest BCUT2D eigenvalue weighted by Crippen LogP contribution is 2.19. The number of hydrogen-bond acceptors (Lipinski definition) is 3. The summed E-state index contributed by atoms with van der Waals surface area (Å²) in [5.41, 5.74) is 1.86. The van der Waals surface area contributed by atoms with Gasteiger partial charge in [0.15, 0.2) is 11.9 Å². The predicted molar refractivity (Wildman–Crippen MR) is 65.6 cm³/mol. The Balaban J connectivity index is 2.41. The SMILES string of the molecule is CCCCc1nc2nc(C=O)c(Br)cc2[nH]1. The molecular formula is C11H12BrN3O. The zero-order valence-electron chi connectivity index (χ0n) is 8.96. The van der Waals surface area contributed by atoms with Gasteiger partial charge in [-0.05, 0) is 28.4 Å². The van der Waals surface area contributed by atoms with Crippen LogP contribution in [0.2, 0.25) is 0 Å². The Morgan fingerprint density at radius 1 is 1.50 bits per heavy atom. The van der Waals surface area contributed by atoms with Crippen LogP contribution < -0.4 is 0 Å². The standard InChI is InChI=1S/C11H12BrN3O/c1-2-3-4-10-13-8-5-7(12)9(6-16)14-11(8)15-10/h5-6H,2-4H2,1H3,(H,13,14,15). The minimum atomic E-state index is 0.390. The quantitative estimate of drug-likeness (QED) is 0.877. The van der Waals surface area contributed by atoms with Gasteiger partial charge in [-0.25, -0.2) is 9.97 Å². The minimum Gasteiger partial charge on any atom is -0.341 e. The van der Waals surface area contributed by atoms with Crippen LogP contribution in [0, 0.1) is 0 Å². The molecule has 0 radical (unpaired) electrons. The molecule has 0 spiro atoms. The number of fused-ring (bicyclic) bond motifs is 1. The molecule has 0 amide bonds. The van der Waals surface area contributed by atoms with Crippen LogP contribution in [0.1, 0.15) is 36.1 Å². The highest BCUT2D eigenvalue weighted by molar-refractivity contribution is 9.10. The zero-order chi connectivity index (χ0) is 11.5. The first-order chi connectivity index (χ1) is 7.74. The van der Waals surface area contributed by atoms with E-state index >= 15 is 0 Å². The second kappa shape index (κ2) is 4.74. The lowest BCUT2D eigenvalue weighted by Gasteiger charge is -1.93. The second-order valence-corrected chi connectivity index (χ2v) is 4.49. The topological polar surface area (TPSA) is 58.6 Å². The molecule has 4 nitrogen and oxygen atoms in total. The molecule has 2 aromatic rings. The number of hydrogen-bond donors (Lipinski definition) is 1. The largest absolute Gasteiger partial charge is 0.341 e. The molecule has 0 saturated carbocycles. The number of halogens is 1. The summed E-state index contributed by atoms with van der Waals surface area (Å²) < 4.78 is 0.695. The number of H-pyrrole nitrogens is 1. The van der Waals surface area contributed by atoms with E-state index in [0.717, 1.165) is 36.9 Å². The molecule has 0 aromatic carbocycles. The number of rotatable bonds is 4. The number of carbonyl (C=O) groups excluding carboxylic acids is 1. The average molecular weight is 282 g/mol. The van der Waals surface area contributed by atoms with E-state index < -0.39 is 0 Å². The van der Waals surface area contributed by atoms with Gasteiger partial charge < -0.3 is 4.98 Å². The van der Waals surface area contributed by atoms with Crippen molar-refractivity contribution in [1.29, 1.82) is 0 Å². The molecule has 5 heteroatoms. The molecule has 84 valence electrons. The summed E-state index contributed by atoms with van der Waals surface area (Å²) in [4.78, 5) is 22.4. The maximum Gasteiger partial charge on any atom is 0.178 e. The van der Waals surface area contributed by atoms with E-state index in [4.69, 9.17) is 0 Å². The monoisotopic (exact) mass is 281 g/mol. The summed E-state index contributed by atoms with van der Waals surface area (Å²) in [7, 11) is 0. The summed E-state index contributed by atoms with van der Waals surface area (Å²) in [5.74, 6) is 0.930. The number of pyridine rings is 1. The van der Waals surface area contributed by atoms with Crippen LogP contribution in [0.4, 0.5) is 0 Å². The molecule has 16 heavy (non-hydrogen) atoms. The van der Waals surface area contributed by atoms with Crippen LogP contribution in [0.3, 0.4) is 0 Å². The Labute approximate surface area is 102 Å². The maximum atomic E-state index is 10.7. The lowest BCUT2D eigenvalue weighted by atomic mass is 10.2. The fourth-order valence-corrected chi connectivity index (χ4v) is 1.94. The van der Waals surface area contributed by atoms with Crippen LogP contribution in [0.25, 0.3) is 11.2 Å². The normalized spacial score (nSPS) is 10.9. The Morgan fingerprint density at radius 3 is 3.00 bits per heavy atom. The molecule has 0 fully saturated rings. The fraction of sp³-hybridized carbons (Fsp3) is 0.364. The van der Waals surface area contributed by atoms with Crippen molar-refractivity contribution in [3.8, 4) is 0 Å². The Hall–Kier alpha value is -1.23. The van der Waals surface area contributed by atoms with E-state index in [1.54, 1.807) is 0 Å².